The number of hydrogen-bond donors (Lipinski definition) is 2. The monoisotopic (exact) mass is 480 g/mol. The van der Waals surface area contributed by atoms with E-state index in [1.54, 1.807) is 0 Å². The van der Waals surface area contributed by atoms with Crippen molar-refractivity contribution < 1.29 is 5.11 Å². The lowest BCUT2D eigenvalue weighted by Crippen LogP contribution is -2.44. The Morgan fingerprint density at radius 1 is 0.806 bits per heavy atom. The van der Waals surface area contributed by atoms with Gasteiger partial charge in [-0.1, -0.05) is 48.5 Å². The van der Waals surface area contributed by atoms with E-state index < -0.39 is 0 Å². The molecule has 0 bridgehead atoms. The molecule has 2 fully saturated rings. The SMILES string of the molecule is Oc1ccc2c(c1)CCC(c1ccccc1)C2c1ccc(N2CCCC3(CCCNCCC3)C2)cc1. The number of aryl methyl sites for hydroxylation is 1. The maximum Gasteiger partial charge on any atom is 0.115 e. The molecule has 2 saturated heterocycles. The quantitative estimate of drug-likeness (QED) is 0.423. The van der Waals surface area contributed by atoms with Gasteiger partial charge in [-0.2, -0.15) is 0 Å². The molecule has 0 aromatic heterocycles. The van der Waals surface area contributed by atoms with Crippen molar-refractivity contribution in [3.05, 3.63) is 95.1 Å². The predicted octanol–water partition coefficient (Wildman–Crippen LogP) is 7.00. The van der Waals surface area contributed by atoms with Crippen LogP contribution in [0.5, 0.6) is 5.75 Å². The zero-order chi connectivity index (χ0) is 24.4. The highest BCUT2D eigenvalue weighted by Crippen LogP contribution is 2.47. The van der Waals surface area contributed by atoms with Crippen molar-refractivity contribution in [1.82, 2.24) is 5.32 Å². The van der Waals surface area contributed by atoms with Crippen LogP contribution in [0.3, 0.4) is 0 Å². The smallest absolute Gasteiger partial charge is 0.115 e. The number of phenolic OH excluding ortho intramolecular Hbond substituents is 1. The van der Waals surface area contributed by atoms with Crippen molar-refractivity contribution in [2.24, 2.45) is 5.41 Å². The molecule has 188 valence electrons. The molecular formula is C33H40N2O. The van der Waals surface area contributed by atoms with Crippen LogP contribution in [0.15, 0.2) is 72.8 Å². The van der Waals surface area contributed by atoms with E-state index in [4.69, 9.17) is 0 Å². The van der Waals surface area contributed by atoms with Crippen molar-refractivity contribution >= 4 is 5.69 Å². The van der Waals surface area contributed by atoms with Crippen molar-refractivity contribution in [3.63, 3.8) is 0 Å². The summed E-state index contributed by atoms with van der Waals surface area (Å²) < 4.78 is 0. The Labute approximate surface area is 216 Å². The van der Waals surface area contributed by atoms with E-state index >= 15 is 0 Å². The lowest BCUT2D eigenvalue weighted by molar-refractivity contribution is 0.176. The Bertz CT molecular complexity index is 1150. The number of hydrogen-bond acceptors (Lipinski definition) is 3. The van der Waals surface area contributed by atoms with Gasteiger partial charge in [0, 0.05) is 24.7 Å². The Hall–Kier alpha value is -2.78. The fourth-order valence-corrected chi connectivity index (χ4v) is 7.43. The summed E-state index contributed by atoms with van der Waals surface area (Å²) in [6.07, 6.45) is 10.2. The van der Waals surface area contributed by atoms with Gasteiger partial charge in [-0.15, -0.1) is 0 Å². The van der Waals surface area contributed by atoms with Gasteiger partial charge in [0.1, 0.15) is 5.75 Å². The van der Waals surface area contributed by atoms with Crippen molar-refractivity contribution in [3.8, 4) is 5.75 Å². The summed E-state index contributed by atoms with van der Waals surface area (Å²) in [7, 11) is 0. The number of anilines is 1. The van der Waals surface area contributed by atoms with E-state index in [1.807, 2.05) is 12.1 Å². The molecule has 0 amide bonds. The molecule has 3 aliphatic rings. The molecule has 3 nitrogen and oxygen atoms in total. The van der Waals surface area contributed by atoms with Crippen LogP contribution in [0, 0.1) is 5.41 Å². The summed E-state index contributed by atoms with van der Waals surface area (Å²) >= 11 is 0. The highest BCUT2D eigenvalue weighted by molar-refractivity contribution is 5.53. The van der Waals surface area contributed by atoms with Crippen LogP contribution in [0.25, 0.3) is 0 Å². The molecule has 0 saturated carbocycles. The third-order valence-corrected chi connectivity index (χ3v) is 9.22. The van der Waals surface area contributed by atoms with E-state index in [-0.39, 0.29) is 0 Å². The number of rotatable bonds is 3. The minimum absolute atomic E-state index is 0.316. The van der Waals surface area contributed by atoms with Gasteiger partial charge in [-0.25, -0.2) is 0 Å². The van der Waals surface area contributed by atoms with Gasteiger partial charge in [0.05, 0.1) is 0 Å². The molecular weight excluding hydrogens is 440 g/mol. The van der Waals surface area contributed by atoms with E-state index in [0.717, 1.165) is 12.8 Å². The van der Waals surface area contributed by atoms with E-state index in [2.05, 4.69) is 70.9 Å². The fourth-order valence-electron chi connectivity index (χ4n) is 7.43. The highest BCUT2D eigenvalue weighted by Gasteiger charge is 2.36. The largest absolute Gasteiger partial charge is 0.508 e. The lowest BCUT2D eigenvalue weighted by Gasteiger charge is -2.45. The van der Waals surface area contributed by atoms with Gasteiger partial charge in [0.2, 0.25) is 0 Å². The number of nitrogens with one attached hydrogen (secondary N) is 1. The molecule has 3 aromatic rings. The third kappa shape index (κ3) is 4.78. The van der Waals surface area contributed by atoms with Crippen LogP contribution in [0.2, 0.25) is 0 Å². The first-order valence-electron chi connectivity index (χ1n) is 14.1. The lowest BCUT2D eigenvalue weighted by atomic mass is 9.69. The molecule has 2 atom stereocenters. The summed E-state index contributed by atoms with van der Waals surface area (Å²) in [5.41, 5.74) is 7.37. The Morgan fingerprint density at radius 2 is 1.56 bits per heavy atom. The zero-order valence-electron chi connectivity index (χ0n) is 21.5. The number of aromatic hydroxyl groups is 1. The Balaban J connectivity index is 1.29. The summed E-state index contributed by atoms with van der Waals surface area (Å²) in [6, 6.07) is 26.6. The van der Waals surface area contributed by atoms with Crippen LogP contribution in [0.1, 0.15) is 79.0 Å². The first-order chi connectivity index (χ1) is 17.7. The maximum absolute atomic E-state index is 10.1. The van der Waals surface area contributed by atoms with Gasteiger partial charge < -0.3 is 15.3 Å². The van der Waals surface area contributed by atoms with Crippen molar-refractivity contribution in [1.29, 1.82) is 0 Å². The van der Waals surface area contributed by atoms with Gasteiger partial charge in [0.15, 0.2) is 0 Å². The second-order valence-electron chi connectivity index (χ2n) is 11.5. The van der Waals surface area contributed by atoms with Crippen LogP contribution in [-0.4, -0.2) is 31.3 Å². The number of nitrogens with zero attached hydrogens (tertiary/aromatic N) is 1. The summed E-state index contributed by atoms with van der Waals surface area (Å²) in [6.45, 7) is 4.75. The van der Waals surface area contributed by atoms with Gasteiger partial charge in [0.25, 0.3) is 0 Å². The predicted molar refractivity (Wildman–Crippen MR) is 149 cm³/mol. The van der Waals surface area contributed by atoms with E-state index in [0.29, 0.717) is 23.0 Å². The Morgan fingerprint density at radius 3 is 2.33 bits per heavy atom. The summed E-state index contributed by atoms with van der Waals surface area (Å²) in [5, 5.41) is 13.7. The molecule has 2 unspecified atom stereocenters. The van der Waals surface area contributed by atoms with Crippen LogP contribution >= 0.6 is 0 Å². The second-order valence-corrected chi connectivity index (χ2v) is 11.5. The zero-order valence-corrected chi connectivity index (χ0v) is 21.5. The molecule has 2 aliphatic heterocycles. The molecule has 2 heterocycles. The molecule has 1 spiro atoms. The van der Waals surface area contributed by atoms with E-state index in [9.17, 15) is 5.11 Å². The number of phenols is 1. The fraction of sp³-hybridized carbons (Fsp3) is 0.455. The number of fused-ring (bicyclic) bond motifs is 1. The molecule has 0 radical (unpaired) electrons. The van der Waals surface area contributed by atoms with Crippen LogP contribution in [-0.2, 0) is 6.42 Å². The van der Waals surface area contributed by atoms with E-state index in [1.165, 1.54) is 92.6 Å². The van der Waals surface area contributed by atoms with Crippen molar-refractivity contribution in [2.75, 3.05) is 31.1 Å². The van der Waals surface area contributed by atoms with Gasteiger partial charge >= 0.3 is 0 Å². The average Bonchev–Trinajstić information content (AvgIpc) is 2.91. The normalized spacial score (nSPS) is 24.1. The molecule has 3 heteroatoms. The first-order valence-corrected chi connectivity index (χ1v) is 14.1. The van der Waals surface area contributed by atoms with Crippen molar-refractivity contribution in [2.45, 2.75) is 63.2 Å². The van der Waals surface area contributed by atoms with Crippen LogP contribution in [0.4, 0.5) is 5.69 Å². The maximum atomic E-state index is 10.1. The molecule has 6 rings (SSSR count). The van der Waals surface area contributed by atoms with Gasteiger partial charge in [-0.3, -0.25) is 0 Å². The van der Waals surface area contributed by atoms with Crippen LogP contribution < -0.4 is 10.2 Å². The molecule has 3 aromatic carbocycles. The summed E-state index contributed by atoms with van der Waals surface area (Å²) in [4.78, 5) is 2.67. The molecule has 2 N–H and O–H groups in total. The highest BCUT2D eigenvalue weighted by atomic mass is 16.3. The topological polar surface area (TPSA) is 35.5 Å². The Kier molecular flexibility index (Phi) is 6.75. The second kappa shape index (κ2) is 10.3. The minimum Gasteiger partial charge on any atom is -0.508 e. The first kappa shape index (κ1) is 23.6. The molecule has 1 aliphatic carbocycles. The van der Waals surface area contributed by atoms with Gasteiger partial charge in [-0.05, 0) is 122 Å². The summed E-state index contributed by atoms with van der Waals surface area (Å²) in [5.74, 6) is 1.15. The standard InChI is InChI=1S/C33H40N2O/c36-29-14-16-31-27(23-29)11-15-30(25-7-2-1-3-8-25)32(31)26-9-12-28(13-10-26)35-22-6-19-33(24-35)17-4-20-34-21-5-18-33/h1-3,7-10,12-14,16,23,30,32,34,36H,4-6,11,15,17-22,24H2. The molecule has 36 heavy (non-hydrogen) atoms. The minimum atomic E-state index is 0.316. The average molecular weight is 481 g/mol. The number of benzene rings is 3. The third-order valence-electron chi connectivity index (χ3n) is 9.22. The number of piperidine rings is 1.